The first-order chi connectivity index (χ1) is 23.7. The average Bonchev–Trinajstić information content (AvgIpc) is 3.18. The quantitative estimate of drug-likeness (QED) is 0.178. The molecule has 0 saturated heterocycles. The molecule has 48 heavy (non-hydrogen) atoms. The first-order valence-corrected chi connectivity index (χ1v) is 15.8. The highest BCUT2D eigenvalue weighted by atomic mass is 16.5. The van der Waals surface area contributed by atoms with Crippen LogP contribution < -0.4 is 4.74 Å². The SMILES string of the molecule is COc1c(-c2cccc(-c3cccnc3)c2)cc(-c2cccc(-c3cccnc3)c2)c2cc(-c3cccc(-c4cccnc4)c3)cnc12. The van der Waals surface area contributed by atoms with Crippen molar-refractivity contribution in [1.82, 2.24) is 19.9 Å². The summed E-state index contributed by atoms with van der Waals surface area (Å²) in [4.78, 5) is 18.1. The Hall–Kier alpha value is -6.46. The summed E-state index contributed by atoms with van der Waals surface area (Å²) in [6, 6.07) is 42.2. The Bertz CT molecular complexity index is 2380. The maximum absolute atomic E-state index is 6.18. The fraction of sp³-hybridized carbons (Fsp3) is 0.0233. The van der Waals surface area contributed by atoms with Crippen molar-refractivity contribution in [3.05, 3.63) is 165 Å². The van der Waals surface area contributed by atoms with E-state index < -0.39 is 0 Å². The molecule has 0 saturated carbocycles. The monoisotopic (exact) mass is 618 g/mol. The van der Waals surface area contributed by atoms with Gasteiger partial charge in [0, 0.05) is 76.6 Å². The number of hydrogen-bond donors (Lipinski definition) is 0. The molecular weight excluding hydrogens is 589 g/mol. The molecule has 8 aromatic rings. The highest BCUT2D eigenvalue weighted by Gasteiger charge is 2.19. The first-order valence-electron chi connectivity index (χ1n) is 15.8. The van der Waals surface area contributed by atoms with Gasteiger partial charge in [-0.3, -0.25) is 19.9 Å². The van der Waals surface area contributed by atoms with E-state index in [0.717, 1.165) is 83.4 Å². The largest absolute Gasteiger partial charge is 0.494 e. The standard InChI is InChI=1S/C43H30N4O/c1-48-43-40(34-13-4-10-31(22-34)37-16-7-19-46-27-37)24-39(33-12-3-9-30(21-33)36-15-6-18-45-26-36)41-23-38(28-47-42(41)43)32-11-2-8-29(20-32)35-14-5-17-44-25-35/h2-28H,1H3. The summed E-state index contributed by atoms with van der Waals surface area (Å²) < 4.78 is 6.18. The van der Waals surface area contributed by atoms with Crippen molar-refractivity contribution in [3.8, 4) is 72.5 Å². The summed E-state index contributed by atoms with van der Waals surface area (Å²) in [5.74, 6) is 0.733. The Morgan fingerprint density at radius 1 is 0.396 bits per heavy atom. The number of nitrogens with zero attached hydrogens (tertiary/aromatic N) is 4. The summed E-state index contributed by atoms with van der Waals surface area (Å²) in [6.07, 6.45) is 13.0. The smallest absolute Gasteiger partial charge is 0.152 e. The zero-order valence-corrected chi connectivity index (χ0v) is 26.3. The van der Waals surface area contributed by atoms with Crippen molar-refractivity contribution in [2.24, 2.45) is 0 Å². The van der Waals surface area contributed by atoms with E-state index >= 15 is 0 Å². The molecule has 4 aromatic heterocycles. The van der Waals surface area contributed by atoms with E-state index in [1.54, 1.807) is 25.7 Å². The van der Waals surface area contributed by atoms with Crippen molar-refractivity contribution in [2.45, 2.75) is 0 Å². The molecule has 0 spiro atoms. The van der Waals surface area contributed by atoms with Crippen molar-refractivity contribution in [3.63, 3.8) is 0 Å². The second kappa shape index (κ2) is 12.7. The molecule has 4 aromatic carbocycles. The molecule has 0 fully saturated rings. The zero-order chi connectivity index (χ0) is 32.3. The van der Waals surface area contributed by atoms with Crippen LogP contribution in [0.3, 0.4) is 0 Å². The summed E-state index contributed by atoms with van der Waals surface area (Å²) in [6.45, 7) is 0. The van der Waals surface area contributed by atoms with Crippen molar-refractivity contribution >= 4 is 10.9 Å². The van der Waals surface area contributed by atoms with Crippen LogP contribution in [0.15, 0.2) is 165 Å². The van der Waals surface area contributed by atoms with Gasteiger partial charge in [0.05, 0.1) is 7.11 Å². The number of ether oxygens (including phenoxy) is 1. The fourth-order valence-electron chi connectivity index (χ4n) is 6.30. The highest BCUT2D eigenvalue weighted by molar-refractivity contribution is 6.05. The van der Waals surface area contributed by atoms with Gasteiger partial charge in [0.25, 0.3) is 0 Å². The second-order valence-corrected chi connectivity index (χ2v) is 11.6. The van der Waals surface area contributed by atoms with Crippen LogP contribution >= 0.6 is 0 Å². The number of aromatic nitrogens is 4. The topological polar surface area (TPSA) is 60.8 Å². The van der Waals surface area contributed by atoms with Gasteiger partial charge in [0.2, 0.25) is 0 Å². The van der Waals surface area contributed by atoms with Gasteiger partial charge in [-0.05, 0) is 87.5 Å². The first kappa shape index (κ1) is 29.0. The lowest BCUT2D eigenvalue weighted by Crippen LogP contribution is -1.96. The summed E-state index contributed by atoms with van der Waals surface area (Å²) in [5.41, 5.74) is 13.5. The highest BCUT2D eigenvalue weighted by Crippen LogP contribution is 2.44. The van der Waals surface area contributed by atoms with Gasteiger partial charge < -0.3 is 4.74 Å². The minimum atomic E-state index is 0.733. The fourth-order valence-corrected chi connectivity index (χ4v) is 6.30. The van der Waals surface area contributed by atoms with Crippen LogP contribution in [0.5, 0.6) is 5.75 Å². The lowest BCUT2D eigenvalue weighted by Gasteiger charge is -2.18. The van der Waals surface area contributed by atoms with Crippen LogP contribution in [-0.4, -0.2) is 27.0 Å². The van der Waals surface area contributed by atoms with E-state index in [4.69, 9.17) is 9.72 Å². The van der Waals surface area contributed by atoms with Gasteiger partial charge in [-0.1, -0.05) is 72.8 Å². The van der Waals surface area contributed by atoms with Gasteiger partial charge in [-0.15, -0.1) is 0 Å². The Morgan fingerprint density at radius 3 is 1.31 bits per heavy atom. The molecule has 0 N–H and O–H groups in total. The van der Waals surface area contributed by atoms with E-state index in [2.05, 4.69) is 118 Å². The van der Waals surface area contributed by atoms with Crippen molar-refractivity contribution in [2.75, 3.05) is 7.11 Å². The summed E-state index contributed by atoms with van der Waals surface area (Å²) >= 11 is 0. The van der Waals surface area contributed by atoms with E-state index in [-0.39, 0.29) is 0 Å². The number of rotatable bonds is 7. The third kappa shape index (κ3) is 5.59. The van der Waals surface area contributed by atoms with Gasteiger partial charge in [0.1, 0.15) is 5.52 Å². The molecule has 0 unspecified atom stereocenters. The molecule has 0 aliphatic heterocycles. The van der Waals surface area contributed by atoms with Crippen molar-refractivity contribution < 1.29 is 4.74 Å². The maximum Gasteiger partial charge on any atom is 0.152 e. The number of methoxy groups -OCH3 is 1. The van der Waals surface area contributed by atoms with E-state index in [9.17, 15) is 0 Å². The summed E-state index contributed by atoms with van der Waals surface area (Å²) in [7, 11) is 1.72. The average molecular weight is 619 g/mol. The molecule has 0 bridgehead atoms. The third-order valence-corrected chi connectivity index (χ3v) is 8.66. The molecule has 0 radical (unpaired) electrons. The Morgan fingerprint density at radius 2 is 0.833 bits per heavy atom. The second-order valence-electron chi connectivity index (χ2n) is 11.6. The molecular formula is C43H30N4O. The molecule has 8 rings (SSSR count). The lowest BCUT2D eigenvalue weighted by molar-refractivity contribution is 0.420. The number of pyridine rings is 4. The number of fused-ring (bicyclic) bond motifs is 1. The zero-order valence-electron chi connectivity index (χ0n) is 26.3. The van der Waals surface area contributed by atoms with Crippen LogP contribution in [0.25, 0.3) is 77.7 Å². The van der Waals surface area contributed by atoms with Crippen LogP contribution in [0.4, 0.5) is 0 Å². The predicted octanol–water partition coefficient (Wildman–Crippen LogP) is 10.4. The molecule has 228 valence electrons. The number of hydrogen-bond acceptors (Lipinski definition) is 5. The normalized spacial score (nSPS) is 11.0. The van der Waals surface area contributed by atoms with E-state index in [0.29, 0.717) is 0 Å². The van der Waals surface area contributed by atoms with Crippen LogP contribution in [0.2, 0.25) is 0 Å². The predicted molar refractivity (Wildman–Crippen MR) is 194 cm³/mol. The van der Waals surface area contributed by atoms with Crippen LogP contribution in [0, 0.1) is 0 Å². The molecule has 5 nitrogen and oxygen atoms in total. The van der Waals surface area contributed by atoms with Crippen LogP contribution in [-0.2, 0) is 0 Å². The van der Waals surface area contributed by atoms with E-state index in [1.165, 1.54) is 0 Å². The molecule has 5 heteroatoms. The van der Waals surface area contributed by atoms with Gasteiger partial charge in [0.15, 0.2) is 5.75 Å². The minimum Gasteiger partial charge on any atom is -0.494 e. The maximum atomic E-state index is 6.18. The lowest BCUT2D eigenvalue weighted by atomic mass is 9.90. The molecule has 0 aliphatic rings. The molecule has 0 aliphatic carbocycles. The van der Waals surface area contributed by atoms with Crippen LogP contribution in [0.1, 0.15) is 0 Å². The third-order valence-electron chi connectivity index (χ3n) is 8.66. The minimum absolute atomic E-state index is 0.733. The Labute approximate surface area is 279 Å². The molecule has 0 atom stereocenters. The Balaban J connectivity index is 1.35. The van der Waals surface area contributed by atoms with Gasteiger partial charge >= 0.3 is 0 Å². The Kier molecular flexibility index (Phi) is 7.69. The van der Waals surface area contributed by atoms with Gasteiger partial charge in [-0.2, -0.15) is 0 Å². The van der Waals surface area contributed by atoms with E-state index in [1.807, 2.05) is 43.0 Å². The van der Waals surface area contributed by atoms with Crippen molar-refractivity contribution in [1.29, 1.82) is 0 Å². The van der Waals surface area contributed by atoms with Gasteiger partial charge in [-0.25, -0.2) is 0 Å². The molecule has 4 heterocycles. The number of benzene rings is 4. The summed E-state index contributed by atoms with van der Waals surface area (Å²) in [5, 5.41) is 1.01. The molecule has 0 amide bonds.